The van der Waals surface area contributed by atoms with Crippen molar-refractivity contribution in [1.82, 2.24) is 0 Å². The van der Waals surface area contributed by atoms with Crippen LogP contribution in [0.5, 0.6) is 0 Å². The Hall–Kier alpha value is -8.26. The van der Waals surface area contributed by atoms with E-state index in [4.69, 9.17) is 0 Å². The third kappa shape index (κ3) is 6.01. The first-order chi connectivity index (χ1) is 31.8. The predicted molar refractivity (Wildman–Crippen MR) is 270 cm³/mol. The molecule has 0 spiro atoms. The molecule has 12 rings (SSSR count). The number of nitrogens with zero attached hydrogens (tertiary/aromatic N) is 1. The van der Waals surface area contributed by atoms with Gasteiger partial charge in [0.2, 0.25) is 0 Å². The summed E-state index contributed by atoms with van der Waals surface area (Å²) in [6.07, 6.45) is 0. The lowest BCUT2D eigenvalue weighted by atomic mass is 9.67. The zero-order valence-corrected chi connectivity index (χ0v) is 35.3. The van der Waals surface area contributed by atoms with Crippen molar-refractivity contribution in [2.24, 2.45) is 0 Å². The average molecular weight is 814 g/mol. The molecular formula is C63H43N. The van der Waals surface area contributed by atoms with Crippen LogP contribution in [0.4, 0.5) is 17.1 Å². The SMILES string of the molecule is c1ccc(-c2c(-c3ccc(N(c4ccc5ccccc5c4)c4ccccc4-c4cccc5c4-c4ccccc4C5(c4ccccc4)c4ccccc4)cc3)ccc3ccccc23)cc1. The number of para-hydroxylation sites is 1. The third-order valence-corrected chi connectivity index (χ3v) is 13.3. The van der Waals surface area contributed by atoms with Gasteiger partial charge in [-0.2, -0.15) is 0 Å². The lowest BCUT2D eigenvalue weighted by Gasteiger charge is -2.34. The van der Waals surface area contributed by atoms with Crippen LogP contribution in [0.25, 0.3) is 66.1 Å². The van der Waals surface area contributed by atoms with Gasteiger partial charge in [-0.1, -0.05) is 231 Å². The van der Waals surface area contributed by atoms with E-state index in [-0.39, 0.29) is 0 Å². The van der Waals surface area contributed by atoms with E-state index < -0.39 is 5.41 Å². The summed E-state index contributed by atoms with van der Waals surface area (Å²) in [5, 5.41) is 4.91. The molecule has 0 radical (unpaired) electrons. The maximum absolute atomic E-state index is 2.45. The molecule has 0 atom stereocenters. The highest BCUT2D eigenvalue weighted by atomic mass is 15.1. The van der Waals surface area contributed by atoms with E-state index >= 15 is 0 Å². The lowest BCUT2D eigenvalue weighted by molar-refractivity contribution is 0.768. The molecule has 0 amide bonds. The summed E-state index contributed by atoms with van der Waals surface area (Å²) >= 11 is 0. The third-order valence-electron chi connectivity index (χ3n) is 13.3. The van der Waals surface area contributed by atoms with Crippen LogP contribution in [-0.2, 0) is 5.41 Å². The van der Waals surface area contributed by atoms with Gasteiger partial charge in [-0.25, -0.2) is 0 Å². The second kappa shape index (κ2) is 15.6. The van der Waals surface area contributed by atoms with Crippen LogP contribution in [0.2, 0.25) is 0 Å². The van der Waals surface area contributed by atoms with E-state index in [0.717, 1.165) is 17.1 Å². The number of benzene rings is 11. The van der Waals surface area contributed by atoms with Crippen LogP contribution < -0.4 is 4.90 Å². The van der Waals surface area contributed by atoms with Gasteiger partial charge in [0.1, 0.15) is 0 Å². The van der Waals surface area contributed by atoms with E-state index in [0.29, 0.717) is 0 Å². The van der Waals surface area contributed by atoms with Gasteiger partial charge in [0, 0.05) is 16.9 Å². The highest BCUT2D eigenvalue weighted by molar-refractivity contribution is 6.05. The maximum Gasteiger partial charge on any atom is 0.0713 e. The molecule has 300 valence electrons. The normalized spacial score (nSPS) is 12.5. The molecule has 0 bridgehead atoms. The molecule has 1 aliphatic rings. The van der Waals surface area contributed by atoms with Gasteiger partial charge in [-0.05, 0) is 113 Å². The van der Waals surface area contributed by atoms with Crippen molar-refractivity contribution in [3.8, 4) is 44.5 Å². The Morgan fingerprint density at radius 2 is 0.828 bits per heavy atom. The molecule has 64 heavy (non-hydrogen) atoms. The fourth-order valence-electron chi connectivity index (χ4n) is 10.6. The van der Waals surface area contributed by atoms with Crippen molar-refractivity contribution in [3.05, 3.63) is 283 Å². The number of hydrogen-bond acceptors (Lipinski definition) is 1. The fraction of sp³-hybridized carbons (Fsp3) is 0.0159. The van der Waals surface area contributed by atoms with E-state index in [2.05, 4.69) is 266 Å². The highest BCUT2D eigenvalue weighted by Gasteiger charge is 2.46. The molecule has 0 N–H and O–H groups in total. The first kappa shape index (κ1) is 37.5. The minimum absolute atomic E-state index is 0.491. The zero-order chi connectivity index (χ0) is 42.5. The van der Waals surface area contributed by atoms with Crippen LogP contribution in [0.3, 0.4) is 0 Å². The van der Waals surface area contributed by atoms with E-state index in [1.54, 1.807) is 0 Å². The summed E-state index contributed by atoms with van der Waals surface area (Å²) in [7, 11) is 0. The summed E-state index contributed by atoms with van der Waals surface area (Å²) in [5.74, 6) is 0. The van der Waals surface area contributed by atoms with Crippen molar-refractivity contribution in [2.75, 3.05) is 4.90 Å². The smallest absolute Gasteiger partial charge is 0.0713 e. The van der Waals surface area contributed by atoms with Crippen LogP contribution in [0, 0.1) is 0 Å². The van der Waals surface area contributed by atoms with Gasteiger partial charge in [-0.15, -0.1) is 0 Å². The van der Waals surface area contributed by atoms with E-state index in [1.807, 2.05) is 0 Å². The summed E-state index contributed by atoms with van der Waals surface area (Å²) in [6, 6.07) is 95.8. The van der Waals surface area contributed by atoms with Gasteiger partial charge < -0.3 is 4.90 Å². The second-order valence-corrected chi connectivity index (χ2v) is 16.8. The van der Waals surface area contributed by atoms with E-state index in [9.17, 15) is 0 Å². The van der Waals surface area contributed by atoms with Crippen LogP contribution >= 0.6 is 0 Å². The standard InChI is InChI=1S/C63H43N/c1-4-21-47(22-5-1)61-53-28-13-12-20-45(53)38-42-54(61)46-36-39-51(40-37-46)64(52-41-35-44-19-10-11-23-48(44)43-52)60-34-17-15-29-55(60)56-31-18-33-59-62(56)57-30-14-16-32-58(57)63(59,49-24-6-2-7-25-49)50-26-8-3-9-27-50/h1-43H. The van der Waals surface area contributed by atoms with Crippen LogP contribution in [0.15, 0.2) is 261 Å². The fourth-order valence-corrected chi connectivity index (χ4v) is 10.6. The number of fused-ring (bicyclic) bond motifs is 5. The maximum atomic E-state index is 2.45. The van der Waals surface area contributed by atoms with Gasteiger partial charge in [0.05, 0.1) is 11.1 Å². The van der Waals surface area contributed by atoms with Crippen LogP contribution in [-0.4, -0.2) is 0 Å². The summed E-state index contributed by atoms with van der Waals surface area (Å²) in [4.78, 5) is 2.45. The Kier molecular flexibility index (Phi) is 9.13. The van der Waals surface area contributed by atoms with Crippen molar-refractivity contribution in [1.29, 1.82) is 0 Å². The molecule has 0 saturated heterocycles. The molecule has 0 heterocycles. The Labute approximate surface area is 374 Å². The molecule has 0 unspecified atom stereocenters. The molecule has 0 fully saturated rings. The number of rotatable bonds is 8. The monoisotopic (exact) mass is 813 g/mol. The minimum Gasteiger partial charge on any atom is -0.310 e. The number of hydrogen-bond donors (Lipinski definition) is 0. The Morgan fingerprint density at radius 3 is 1.58 bits per heavy atom. The summed E-state index contributed by atoms with van der Waals surface area (Å²) in [6.45, 7) is 0. The summed E-state index contributed by atoms with van der Waals surface area (Å²) < 4.78 is 0. The largest absolute Gasteiger partial charge is 0.310 e. The Bertz CT molecular complexity index is 3440. The molecular weight excluding hydrogens is 771 g/mol. The van der Waals surface area contributed by atoms with Crippen molar-refractivity contribution < 1.29 is 0 Å². The van der Waals surface area contributed by atoms with Crippen molar-refractivity contribution >= 4 is 38.6 Å². The predicted octanol–water partition coefficient (Wildman–Crippen LogP) is 16.8. The molecule has 0 aliphatic heterocycles. The first-order valence-corrected chi connectivity index (χ1v) is 22.2. The molecule has 1 nitrogen and oxygen atoms in total. The minimum atomic E-state index is -0.491. The van der Waals surface area contributed by atoms with Crippen molar-refractivity contribution in [3.63, 3.8) is 0 Å². The van der Waals surface area contributed by atoms with E-state index in [1.165, 1.54) is 88.3 Å². The molecule has 1 heteroatoms. The molecule has 11 aromatic rings. The van der Waals surface area contributed by atoms with Gasteiger partial charge in [0.15, 0.2) is 0 Å². The summed E-state index contributed by atoms with van der Waals surface area (Å²) in [5.41, 5.74) is 17.7. The molecule has 11 aromatic carbocycles. The molecule has 1 aliphatic carbocycles. The number of anilines is 3. The van der Waals surface area contributed by atoms with Gasteiger partial charge in [0.25, 0.3) is 0 Å². The highest BCUT2D eigenvalue weighted by Crippen LogP contribution is 2.59. The van der Waals surface area contributed by atoms with Gasteiger partial charge >= 0.3 is 0 Å². The Balaban J connectivity index is 1.07. The topological polar surface area (TPSA) is 3.24 Å². The lowest BCUT2D eigenvalue weighted by Crippen LogP contribution is -2.28. The Morgan fingerprint density at radius 1 is 0.281 bits per heavy atom. The zero-order valence-electron chi connectivity index (χ0n) is 35.3. The average Bonchev–Trinajstić information content (AvgIpc) is 3.68. The quantitative estimate of drug-likeness (QED) is 0.148. The molecule has 0 saturated carbocycles. The van der Waals surface area contributed by atoms with Crippen LogP contribution in [0.1, 0.15) is 22.3 Å². The second-order valence-electron chi connectivity index (χ2n) is 16.8. The first-order valence-electron chi connectivity index (χ1n) is 22.2. The van der Waals surface area contributed by atoms with Gasteiger partial charge in [-0.3, -0.25) is 0 Å². The molecule has 0 aromatic heterocycles. The van der Waals surface area contributed by atoms with Crippen molar-refractivity contribution in [2.45, 2.75) is 5.41 Å².